The van der Waals surface area contributed by atoms with E-state index in [1.54, 1.807) is 71.3 Å². The Bertz CT molecular complexity index is 1480. The first-order valence-corrected chi connectivity index (χ1v) is 15.5. The molecule has 1 atom stereocenters. The van der Waals surface area contributed by atoms with Gasteiger partial charge < -0.3 is 18.9 Å². The zero-order valence-electron chi connectivity index (χ0n) is 26.4. The minimum atomic E-state index is -2.34. The highest BCUT2D eigenvalue weighted by Gasteiger charge is 2.44. The number of ether oxygens (including phenoxy) is 5. The van der Waals surface area contributed by atoms with Crippen LogP contribution in [0.1, 0.15) is 71.3 Å². The molecule has 2 aromatic carbocycles. The summed E-state index contributed by atoms with van der Waals surface area (Å²) < 4.78 is 45.3. The maximum absolute atomic E-state index is 12.9. The molecule has 242 valence electrons. The molecule has 14 heteroatoms. The molecule has 3 aromatic rings. The topological polar surface area (TPSA) is 149 Å². The molecule has 0 bridgehead atoms. The van der Waals surface area contributed by atoms with Gasteiger partial charge in [-0.05, 0) is 91.8 Å². The van der Waals surface area contributed by atoms with Crippen molar-refractivity contribution in [2.75, 3.05) is 12.1 Å². The monoisotopic (exact) mass is 660 g/mol. The summed E-state index contributed by atoms with van der Waals surface area (Å²) in [5.41, 5.74) is -1.42. The van der Waals surface area contributed by atoms with Crippen LogP contribution in [-0.4, -0.2) is 35.7 Å². The molecule has 1 heterocycles. The third-order valence-corrected chi connectivity index (χ3v) is 6.66. The minimum Gasteiger partial charge on any atom is -0.491 e. The second-order valence-electron chi connectivity index (χ2n) is 12.1. The highest BCUT2D eigenvalue weighted by Crippen LogP contribution is 2.37. The molecule has 0 spiro atoms. The van der Waals surface area contributed by atoms with Crippen molar-refractivity contribution in [2.24, 2.45) is 10.8 Å². The fraction of sp³-hybridized carbons (Fsp3) is 0.419. The smallest absolute Gasteiger partial charge is 0.371 e. The highest BCUT2D eigenvalue weighted by atomic mass is 32.1. The van der Waals surface area contributed by atoms with Gasteiger partial charge in [-0.2, -0.15) is 0 Å². The Morgan fingerprint density at radius 2 is 1.56 bits per heavy atom. The molecular weight excluding hydrogens is 623 g/mol. The van der Waals surface area contributed by atoms with Crippen molar-refractivity contribution in [3.05, 3.63) is 65.2 Å². The van der Waals surface area contributed by atoms with Crippen LogP contribution in [0, 0.1) is 10.8 Å². The normalized spacial score (nSPS) is 13.2. The molecule has 1 N–H and O–H groups in total. The molecular formula is C31H37N2O10PS. The number of thiazole rings is 1. The third-order valence-electron chi connectivity index (χ3n) is 5.66. The number of carbonyl (C=O) groups excluding carboxylic acids is 3. The van der Waals surface area contributed by atoms with E-state index >= 15 is 0 Å². The second-order valence-corrected chi connectivity index (χ2v) is 13.3. The maximum Gasteiger partial charge on any atom is 0.371 e. The van der Waals surface area contributed by atoms with Crippen LogP contribution in [0.25, 0.3) is 0 Å². The first-order valence-electron chi connectivity index (χ1n) is 13.9. The van der Waals surface area contributed by atoms with E-state index in [-0.39, 0.29) is 17.2 Å². The minimum absolute atomic E-state index is 0.114. The van der Waals surface area contributed by atoms with Gasteiger partial charge in [-0.15, -0.1) is 11.3 Å². The van der Waals surface area contributed by atoms with E-state index in [1.807, 2.05) is 13.8 Å². The summed E-state index contributed by atoms with van der Waals surface area (Å²) in [6.07, 6.45) is 1.42. The summed E-state index contributed by atoms with van der Waals surface area (Å²) in [4.78, 5) is 42.2. The van der Waals surface area contributed by atoms with Gasteiger partial charge in [-0.1, -0.05) is 0 Å². The van der Waals surface area contributed by atoms with Crippen molar-refractivity contribution in [3.63, 3.8) is 0 Å². The Labute approximate surface area is 267 Å². The van der Waals surface area contributed by atoms with E-state index in [2.05, 4.69) is 10.3 Å². The van der Waals surface area contributed by atoms with Gasteiger partial charge in [0.2, 0.25) is 0 Å². The summed E-state index contributed by atoms with van der Waals surface area (Å²) in [6.45, 7) is 12.9. The van der Waals surface area contributed by atoms with E-state index in [0.717, 1.165) is 0 Å². The Morgan fingerprint density at radius 3 is 2.11 bits per heavy atom. The average Bonchev–Trinajstić information content (AvgIpc) is 3.45. The van der Waals surface area contributed by atoms with Crippen molar-refractivity contribution < 1.29 is 47.2 Å². The van der Waals surface area contributed by atoms with Gasteiger partial charge in [-0.25, -0.2) is 14.1 Å². The second kappa shape index (κ2) is 14.9. The van der Waals surface area contributed by atoms with E-state index in [9.17, 15) is 18.9 Å². The summed E-state index contributed by atoms with van der Waals surface area (Å²) in [7, 11) is -0.875. The number of rotatable bonds is 13. The molecule has 0 saturated heterocycles. The average molecular weight is 661 g/mol. The van der Waals surface area contributed by atoms with Crippen LogP contribution in [0.5, 0.6) is 17.2 Å². The van der Waals surface area contributed by atoms with Gasteiger partial charge in [0.05, 0.1) is 22.5 Å². The maximum atomic E-state index is 12.9. The van der Waals surface area contributed by atoms with Crippen molar-refractivity contribution in [2.45, 2.75) is 67.5 Å². The Hall–Kier alpha value is -3.90. The Balaban J connectivity index is 1.92. The molecule has 1 amide bonds. The predicted octanol–water partition coefficient (Wildman–Crippen LogP) is 7.46. The molecule has 45 heavy (non-hydrogen) atoms. The molecule has 1 unspecified atom stereocenters. The number of nitrogens with one attached hydrogen (secondary N) is 1. The predicted molar refractivity (Wildman–Crippen MR) is 166 cm³/mol. The third kappa shape index (κ3) is 10.3. The molecule has 0 radical (unpaired) electrons. The molecule has 0 aliphatic heterocycles. The number of carbonyl (C=O) groups is 3. The van der Waals surface area contributed by atoms with Gasteiger partial charge in [0.25, 0.3) is 5.91 Å². The number of esters is 2. The molecule has 3 rings (SSSR count). The highest BCUT2D eigenvalue weighted by molar-refractivity contribution is 7.17. The fourth-order valence-electron chi connectivity index (χ4n) is 3.39. The van der Waals surface area contributed by atoms with Gasteiger partial charge in [0, 0.05) is 23.2 Å². The van der Waals surface area contributed by atoms with Gasteiger partial charge in [-0.3, -0.25) is 24.4 Å². The van der Waals surface area contributed by atoms with Crippen LogP contribution in [-0.2, 0) is 38.9 Å². The molecule has 0 fully saturated rings. The molecule has 0 aliphatic rings. The van der Waals surface area contributed by atoms with Crippen LogP contribution in [0.3, 0.4) is 0 Å². The number of nitrogens with zero attached hydrogens (tertiary/aromatic N) is 1. The van der Waals surface area contributed by atoms with Crippen LogP contribution in [0.2, 0.25) is 0 Å². The lowest BCUT2D eigenvalue weighted by atomic mass is 9.97. The molecule has 1 aromatic heterocycles. The molecule has 12 nitrogen and oxygen atoms in total. The fourth-order valence-corrected chi connectivity index (χ4v) is 4.21. The van der Waals surface area contributed by atoms with Gasteiger partial charge >= 0.3 is 26.6 Å². The number of hydrogen-bond acceptors (Lipinski definition) is 12. The zero-order chi connectivity index (χ0) is 33.4. The van der Waals surface area contributed by atoms with Crippen molar-refractivity contribution >= 4 is 43.0 Å². The lowest BCUT2D eigenvalue weighted by Gasteiger charge is -2.32. The van der Waals surface area contributed by atoms with Crippen molar-refractivity contribution in [1.29, 1.82) is 0 Å². The van der Waals surface area contributed by atoms with Crippen LogP contribution in [0.15, 0.2) is 54.0 Å². The largest absolute Gasteiger partial charge is 0.491 e. The summed E-state index contributed by atoms with van der Waals surface area (Å²) in [5, 5.41) is 4.92. The quantitative estimate of drug-likeness (QED) is 0.111. The lowest BCUT2D eigenvalue weighted by Crippen LogP contribution is -2.41. The number of anilines is 1. The first kappa shape index (κ1) is 35.6. The van der Waals surface area contributed by atoms with Crippen LogP contribution >= 0.6 is 20.0 Å². The van der Waals surface area contributed by atoms with Crippen LogP contribution in [0.4, 0.5) is 5.13 Å². The number of aromatic nitrogens is 1. The standard InChI is InChI=1S/C31H37N2O10PS/c1-19(2)40-23-15-20(25(34)33-28-32-13-14-45-28)16-24(17-23)41-22-11-9-21(10-12-22)31(43-44-37,42-27(36)30(6,7)8)39-18-38-26(35)29(3,4)5/h9-17,19H,18H2,1-8H3,(H,32,33,34). The van der Waals surface area contributed by atoms with Crippen molar-refractivity contribution in [3.8, 4) is 17.2 Å². The Kier molecular flexibility index (Phi) is 11.8. The van der Waals surface area contributed by atoms with Gasteiger partial charge in [0.1, 0.15) is 17.2 Å². The van der Waals surface area contributed by atoms with E-state index in [1.165, 1.54) is 35.6 Å². The van der Waals surface area contributed by atoms with Crippen molar-refractivity contribution in [1.82, 2.24) is 4.98 Å². The number of amides is 1. The summed E-state index contributed by atoms with van der Waals surface area (Å²) >= 11 is 1.28. The summed E-state index contributed by atoms with van der Waals surface area (Å²) in [6, 6.07) is 10.8. The summed E-state index contributed by atoms with van der Waals surface area (Å²) in [5.74, 6) is -3.02. The van der Waals surface area contributed by atoms with E-state index < -0.39 is 50.1 Å². The molecule has 0 aliphatic carbocycles. The SMILES string of the molecule is CC(C)Oc1cc(Oc2ccc(C(OCOC(=O)C(C)(C)C)(OP=O)OC(=O)C(C)(C)C)cc2)cc(C(=O)Nc2nccs2)c1. The van der Waals surface area contributed by atoms with Crippen LogP contribution < -0.4 is 14.8 Å². The van der Waals surface area contributed by atoms with E-state index in [4.69, 9.17) is 28.2 Å². The Morgan fingerprint density at radius 1 is 0.911 bits per heavy atom. The number of hydrogen-bond donors (Lipinski definition) is 1. The van der Waals surface area contributed by atoms with Gasteiger partial charge in [0.15, 0.2) is 11.9 Å². The zero-order valence-corrected chi connectivity index (χ0v) is 28.1. The lowest BCUT2D eigenvalue weighted by molar-refractivity contribution is -0.356. The number of benzene rings is 2. The molecule has 0 saturated carbocycles. The first-order chi connectivity index (χ1) is 21.0. The van der Waals surface area contributed by atoms with E-state index in [0.29, 0.717) is 22.4 Å².